The molecule has 1 aliphatic heterocycles. The number of ether oxygens (including phenoxy) is 1. The molecule has 1 aromatic carbocycles. The molecule has 1 fully saturated rings. The maximum atomic E-state index is 13.5. The van der Waals surface area contributed by atoms with Gasteiger partial charge in [-0.25, -0.2) is 9.67 Å². The number of aromatic nitrogens is 3. The van der Waals surface area contributed by atoms with Crippen molar-refractivity contribution in [2.24, 2.45) is 0 Å². The fourth-order valence-corrected chi connectivity index (χ4v) is 4.82. The van der Waals surface area contributed by atoms with Gasteiger partial charge in [0.05, 0.1) is 27.8 Å². The lowest BCUT2D eigenvalue weighted by Gasteiger charge is -2.24. The minimum absolute atomic E-state index is 0.0929. The van der Waals surface area contributed by atoms with Gasteiger partial charge in [-0.3, -0.25) is 13.8 Å². The lowest BCUT2D eigenvalue weighted by Crippen LogP contribution is -2.41. The van der Waals surface area contributed by atoms with Crippen LogP contribution in [0.25, 0.3) is 5.82 Å². The summed E-state index contributed by atoms with van der Waals surface area (Å²) in [5, 5.41) is 10.7. The molecule has 9 nitrogen and oxygen atoms in total. The lowest BCUT2D eigenvalue weighted by atomic mass is 10.1. The van der Waals surface area contributed by atoms with Gasteiger partial charge in [0.15, 0.2) is 5.82 Å². The van der Waals surface area contributed by atoms with E-state index < -0.39 is 16.7 Å². The normalized spacial score (nSPS) is 16.9. The number of nitrogens with one attached hydrogen (secondary N) is 2. The van der Waals surface area contributed by atoms with E-state index in [1.54, 1.807) is 25.1 Å². The van der Waals surface area contributed by atoms with Crippen molar-refractivity contribution >= 4 is 51.5 Å². The number of amides is 2. The van der Waals surface area contributed by atoms with Gasteiger partial charge in [0.25, 0.3) is 11.8 Å². The molecule has 3 heterocycles. The molecule has 0 saturated carbocycles. The number of rotatable bonds is 8. The average Bonchev–Trinajstić information content (AvgIpc) is 3.22. The van der Waals surface area contributed by atoms with Gasteiger partial charge in [-0.05, 0) is 43.2 Å². The van der Waals surface area contributed by atoms with Crippen LogP contribution in [0.2, 0.25) is 10.0 Å². The van der Waals surface area contributed by atoms with Gasteiger partial charge in [-0.15, -0.1) is 5.10 Å². The second kappa shape index (κ2) is 10.8. The zero-order chi connectivity index (χ0) is 25.1. The molecule has 35 heavy (non-hydrogen) atoms. The third kappa shape index (κ3) is 5.66. The first-order valence-electron chi connectivity index (χ1n) is 10.9. The highest BCUT2D eigenvalue weighted by Gasteiger charge is 2.29. The molecule has 4 rings (SSSR count). The number of nitrogens with zero attached hydrogens (tertiary/aromatic N) is 3. The van der Waals surface area contributed by atoms with Crippen molar-refractivity contribution in [3.05, 3.63) is 63.4 Å². The molecule has 0 aliphatic carbocycles. The Hall–Kier alpha value is -2.95. The molecule has 1 saturated heterocycles. The van der Waals surface area contributed by atoms with E-state index in [0.717, 1.165) is 6.42 Å². The summed E-state index contributed by atoms with van der Waals surface area (Å²) in [6.45, 7) is 4.17. The summed E-state index contributed by atoms with van der Waals surface area (Å²) in [4.78, 5) is 30.5. The quantitative estimate of drug-likeness (QED) is 0.453. The SMILES string of the molecule is CCCNC(=O)c1cc(Cl)cc(C)c1NC(=O)c1cc(OC2CS(=O)C2)nn1-c1ncccc1Cl. The van der Waals surface area contributed by atoms with Crippen LogP contribution in [-0.4, -0.2) is 54.9 Å². The number of carbonyl (C=O) groups is 2. The van der Waals surface area contributed by atoms with Crippen LogP contribution in [0.5, 0.6) is 5.88 Å². The predicted molar refractivity (Wildman–Crippen MR) is 135 cm³/mol. The number of hydrogen-bond acceptors (Lipinski definition) is 6. The van der Waals surface area contributed by atoms with Crippen LogP contribution in [0, 0.1) is 6.92 Å². The molecule has 2 amide bonds. The monoisotopic (exact) mass is 535 g/mol. The van der Waals surface area contributed by atoms with Crippen LogP contribution < -0.4 is 15.4 Å². The van der Waals surface area contributed by atoms with Gasteiger partial charge in [0.1, 0.15) is 11.8 Å². The minimum Gasteiger partial charge on any atom is -0.471 e. The smallest absolute Gasteiger partial charge is 0.274 e. The van der Waals surface area contributed by atoms with Crippen molar-refractivity contribution in [1.29, 1.82) is 0 Å². The van der Waals surface area contributed by atoms with Gasteiger partial charge >= 0.3 is 0 Å². The van der Waals surface area contributed by atoms with Crippen molar-refractivity contribution in [1.82, 2.24) is 20.1 Å². The van der Waals surface area contributed by atoms with Crippen LogP contribution in [-0.2, 0) is 10.8 Å². The number of pyridine rings is 1. The zero-order valence-electron chi connectivity index (χ0n) is 19.0. The Balaban J connectivity index is 1.70. The molecule has 0 spiro atoms. The lowest BCUT2D eigenvalue weighted by molar-refractivity contribution is 0.0954. The van der Waals surface area contributed by atoms with Crippen LogP contribution in [0.15, 0.2) is 36.5 Å². The van der Waals surface area contributed by atoms with E-state index in [2.05, 4.69) is 20.7 Å². The molecule has 3 aromatic rings. The van der Waals surface area contributed by atoms with Crippen molar-refractivity contribution < 1.29 is 18.5 Å². The van der Waals surface area contributed by atoms with E-state index in [1.807, 2.05) is 6.92 Å². The fourth-order valence-electron chi connectivity index (χ4n) is 3.48. The highest BCUT2D eigenvalue weighted by Crippen LogP contribution is 2.28. The molecule has 0 unspecified atom stereocenters. The number of hydrogen-bond donors (Lipinski definition) is 2. The maximum absolute atomic E-state index is 13.5. The molecular formula is C23H23Cl2N5O4S. The van der Waals surface area contributed by atoms with Gasteiger partial charge in [-0.1, -0.05) is 30.1 Å². The summed E-state index contributed by atoms with van der Waals surface area (Å²) in [5.74, 6) is 0.308. The minimum atomic E-state index is -0.905. The summed E-state index contributed by atoms with van der Waals surface area (Å²) in [7, 11) is -0.905. The summed E-state index contributed by atoms with van der Waals surface area (Å²) >= 11 is 12.5. The Labute approximate surface area is 214 Å². The third-order valence-electron chi connectivity index (χ3n) is 5.21. The Morgan fingerprint density at radius 3 is 2.69 bits per heavy atom. The Morgan fingerprint density at radius 2 is 2.00 bits per heavy atom. The molecule has 184 valence electrons. The van der Waals surface area contributed by atoms with E-state index in [4.69, 9.17) is 27.9 Å². The first kappa shape index (κ1) is 25.2. The molecule has 1 aliphatic rings. The van der Waals surface area contributed by atoms with E-state index in [-0.39, 0.29) is 40.0 Å². The molecule has 2 aromatic heterocycles. The summed E-state index contributed by atoms with van der Waals surface area (Å²) < 4.78 is 18.5. The first-order valence-corrected chi connectivity index (χ1v) is 13.1. The summed E-state index contributed by atoms with van der Waals surface area (Å²) in [6, 6.07) is 7.92. The standard InChI is InChI=1S/C23H23Cl2N5O4S/c1-3-6-27-22(31)16-9-14(24)8-13(2)20(16)28-23(32)18-10-19(34-15-11-35(33)12-15)29-30(18)21-17(25)5-4-7-26-21/h4-5,7-10,15H,3,6,11-12H2,1-2H3,(H,27,31)(H,28,32). The Kier molecular flexibility index (Phi) is 7.73. The second-order valence-electron chi connectivity index (χ2n) is 7.96. The number of carbonyl (C=O) groups excluding carboxylic acids is 2. The number of benzene rings is 1. The van der Waals surface area contributed by atoms with E-state index in [9.17, 15) is 13.8 Å². The largest absolute Gasteiger partial charge is 0.471 e. The molecular weight excluding hydrogens is 513 g/mol. The van der Waals surface area contributed by atoms with Crippen molar-refractivity contribution in [3.8, 4) is 11.7 Å². The Bertz CT molecular complexity index is 1310. The van der Waals surface area contributed by atoms with Crippen LogP contribution >= 0.6 is 23.2 Å². The number of halogens is 2. The van der Waals surface area contributed by atoms with Crippen molar-refractivity contribution in [2.75, 3.05) is 23.4 Å². The van der Waals surface area contributed by atoms with Gasteiger partial charge in [-0.2, -0.15) is 0 Å². The van der Waals surface area contributed by atoms with Gasteiger partial charge in [0, 0.05) is 34.6 Å². The molecule has 12 heteroatoms. The van der Waals surface area contributed by atoms with Crippen LogP contribution in [0.1, 0.15) is 39.8 Å². The van der Waals surface area contributed by atoms with Crippen molar-refractivity contribution in [2.45, 2.75) is 26.4 Å². The number of anilines is 1. The van der Waals surface area contributed by atoms with Crippen LogP contribution in [0.4, 0.5) is 5.69 Å². The fraction of sp³-hybridized carbons (Fsp3) is 0.304. The van der Waals surface area contributed by atoms with Crippen molar-refractivity contribution in [3.63, 3.8) is 0 Å². The zero-order valence-corrected chi connectivity index (χ0v) is 21.3. The van der Waals surface area contributed by atoms with Crippen LogP contribution in [0.3, 0.4) is 0 Å². The highest BCUT2D eigenvalue weighted by molar-refractivity contribution is 7.86. The summed E-state index contributed by atoms with van der Waals surface area (Å²) in [5.41, 5.74) is 1.27. The average molecular weight is 536 g/mol. The van der Waals surface area contributed by atoms with Gasteiger partial charge in [0.2, 0.25) is 5.88 Å². The predicted octanol–water partition coefficient (Wildman–Crippen LogP) is 3.78. The molecule has 0 bridgehead atoms. The van der Waals surface area contributed by atoms with E-state index >= 15 is 0 Å². The highest BCUT2D eigenvalue weighted by atomic mass is 35.5. The van der Waals surface area contributed by atoms with E-state index in [0.29, 0.717) is 34.3 Å². The van der Waals surface area contributed by atoms with E-state index in [1.165, 1.54) is 23.0 Å². The Morgan fingerprint density at radius 1 is 1.23 bits per heavy atom. The molecule has 0 radical (unpaired) electrons. The molecule has 2 N–H and O–H groups in total. The second-order valence-corrected chi connectivity index (χ2v) is 10.3. The number of aryl methyl sites for hydroxylation is 1. The van der Waals surface area contributed by atoms with Gasteiger partial charge < -0.3 is 15.4 Å². The third-order valence-corrected chi connectivity index (χ3v) is 7.21. The topological polar surface area (TPSA) is 115 Å². The molecule has 0 atom stereocenters. The maximum Gasteiger partial charge on any atom is 0.274 e. The summed E-state index contributed by atoms with van der Waals surface area (Å²) in [6.07, 6.45) is 2.04. The first-order chi connectivity index (χ1) is 16.8.